The van der Waals surface area contributed by atoms with Crippen LogP contribution in [0.1, 0.15) is 45.6 Å². The first kappa shape index (κ1) is 24.3. The number of hydrogen-bond acceptors (Lipinski definition) is 6. The van der Waals surface area contributed by atoms with E-state index in [0.29, 0.717) is 6.42 Å². The van der Waals surface area contributed by atoms with Gasteiger partial charge in [-0.2, -0.15) is 5.26 Å². The van der Waals surface area contributed by atoms with Gasteiger partial charge in [0, 0.05) is 12.5 Å². The van der Waals surface area contributed by atoms with Crippen LogP contribution in [-0.4, -0.2) is 45.6 Å². The largest absolute Gasteiger partial charge is 0.444 e. The summed E-state index contributed by atoms with van der Waals surface area (Å²) in [6.45, 7) is 5.47. The smallest absolute Gasteiger partial charge is 0.411 e. The molecule has 1 aromatic heterocycles. The average molecular weight is 503 g/mol. The quantitative estimate of drug-likeness (QED) is 0.511. The molecule has 1 saturated carbocycles. The molecule has 2 aromatic carbocycles. The summed E-state index contributed by atoms with van der Waals surface area (Å²) < 4.78 is 6.73. The first-order valence-corrected chi connectivity index (χ1v) is 13.2. The molecule has 0 radical (unpaired) electrons. The van der Waals surface area contributed by atoms with Crippen LogP contribution in [0.25, 0.3) is 21.3 Å². The predicted octanol–water partition coefficient (Wildman–Crippen LogP) is 5.30. The van der Waals surface area contributed by atoms with E-state index >= 15 is 0 Å². The molecule has 2 heterocycles. The number of piperidine rings is 1. The van der Waals surface area contributed by atoms with Crippen molar-refractivity contribution in [1.82, 2.24) is 15.2 Å². The van der Waals surface area contributed by atoms with Gasteiger partial charge in [-0.25, -0.2) is 9.78 Å². The maximum absolute atomic E-state index is 13.3. The number of rotatable bonds is 5. The molecular formula is C28H30N4O3S. The number of carbonyl (C=O) groups excluding carboxylic acids is 2. The van der Waals surface area contributed by atoms with E-state index in [-0.39, 0.29) is 17.9 Å². The lowest BCUT2D eigenvalue weighted by Crippen LogP contribution is -2.55. The number of thiazole rings is 1. The van der Waals surface area contributed by atoms with Crippen LogP contribution in [0, 0.1) is 17.2 Å². The molecule has 0 unspecified atom stereocenters. The van der Waals surface area contributed by atoms with E-state index in [4.69, 9.17) is 4.74 Å². The van der Waals surface area contributed by atoms with E-state index in [1.165, 1.54) is 0 Å². The molecule has 1 N–H and O–H groups in total. The van der Waals surface area contributed by atoms with Crippen LogP contribution in [0.3, 0.4) is 0 Å². The number of ether oxygens (including phenoxy) is 1. The Hall–Kier alpha value is -3.44. The maximum Gasteiger partial charge on any atom is 0.411 e. The molecule has 1 saturated heterocycles. The molecular weight excluding hydrogens is 472 g/mol. The fourth-order valence-corrected chi connectivity index (χ4v) is 6.11. The van der Waals surface area contributed by atoms with Gasteiger partial charge in [0.25, 0.3) is 0 Å². The van der Waals surface area contributed by atoms with Crippen LogP contribution in [0.4, 0.5) is 4.79 Å². The fraction of sp³-hybridized carbons (Fsp3) is 0.429. The van der Waals surface area contributed by atoms with Gasteiger partial charge in [0.1, 0.15) is 17.7 Å². The van der Waals surface area contributed by atoms with Crippen molar-refractivity contribution in [1.29, 1.82) is 5.26 Å². The highest BCUT2D eigenvalue weighted by molar-refractivity contribution is 7.16. The molecule has 186 valence electrons. The molecule has 36 heavy (non-hydrogen) atoms. The number of nitrogens with one attached hydrogen (secondary N) is 1. The topological polar surface area (TPSA) is 95.3 Å². The van der Waals surface area contributed by atoms with Crippen molar-refractivity contribution in [2.24, 2.45) is 5.92 Å². The minimum Gasteiger partial charge on any atom is -0.444 e. The second-order valence-corrected chi connectivity index (χ2v) is 11.6. The minimum absolute atomic E-state index is 0.0258. The summed E-state index contributed by atoms with van der Waals surface area (Å²) >= 11 is 1.62. The Kier molecular flexibility index (Phi) is 6.44. The van der Waals surface area contributed by atoms with Crippen LogP contribution in [0.5, 0.6) is 0 Å². The third kappa shape index (κ3) is 4.93. The van der Waals surface area contributed by atoms with Crippen LogP contribution >= 0.6 is 11.3 Å². The number of carbonyl (C=O) groups is 2. The number of nitrogens with zero attached hydrogens (tertiary/aromatic N) is 3. The highest BCUT2D eigenvalue weighted by Gasteiger charge is 2.52. The summed E-state index contributed by atoms with van der Waals surface area (Å²) in [5, 5.41) is 12.7. The lowest BCUT2D eigenvalue weighted by atomic mass is 9.97. The van der Waals surface area contributed by atoms with Crippen molar-refractivity contribution in [3.63, 3.8) is 0 Å². The normalized spacial score (nSPS) is 21.8. The summed E-state index contributed by atoms with van der Waals surface area (Å²) in [4.78, 5) is 32.1. The third-order valence-electron chi connectivity index (χ3n) is 6.99. The van der Waals surface area contributed by atoms with Gasteiger partial charge in [0.05, 0.1) is 21.8 Å². The second kappa shape index (κ2) is 9.55. The van der Waals surface area contributed by atoms with Crippen LogP contribution in [0.2, 0.25) is 0 Å². The summed E-state index contributed by atoms with van der Waals surface area (Å²) in [6.07, 6.45) is 2.55. The van der Waals surface area contributed by atoms with Gasteiger partial charge in [-0.05, 0) is 74.8 Å². The van der Waals surface area contributed by atoms with E-state index in [1.54, 1.807) is 16.2 Å². The second-order valence-electron chi connectivity index (χ2n) is 10.7. The van der Waals surface area contributed by atoms with Crippen molar-refractivity contribution in [2.75, 3.05) is 0 Å². The lowest BCUT2D eigenvalue weighted by Gasteiger charge is -2.35. The monoisotopic (exact) mass is 502 g/mol. The van der Waals surface area contributed by atoms with Crippen molar-refractivity contribution in [2.45, 2.75) is 70.2 Å². The standard InChI is InChI=1S/C28H30N4O3S/c1-28(2,3)35-27(34)32-22-10-8-20(13-22)25(32)26(33)31-21(15-29)12-17-4-6-18(7-5-17)19-9-11-23-24(14-19)36-16-30-23/h4-7,9,11,14,16,20-22,25H,8,10,12-13H2,1-3H3,(H,31,33)/t20-,21-,22+,25-/m0/s1. The number of hydrogen-bond donors (Lipinski definition) is 1. The number of fused-ring (bicyclic) bond motifs is 3. The van der Waals surface area contributed by atoms with Crippen LogP contribution < -0.4 is 5.32 Å². The van der Waals surface area contributed by atoms with Gasteiger partial charge >= 0.3 is 6.09 Å². The molecule has 5 rings (SSSR count). The summed E-state index contributed by atoms with van der Waals surface area (Å²) in [5.74, 6) is -0.161. The van der Waals surface area contributed by atoms with Crippen molar-refractivity contribution < 1.29 is 14.3 Å². The Labute approximate surface area is 215 Å². The highest BCUT2D eigenvalue weighted by atomic mass is 32.1. The molecule has 4 atom stereocenters. The average Bonchev–Trinajstić information content (AvgIpc) is 3.58. The van der Waals surface area contributed by atoms with Crippen molar-refractivity contribution >= 4 is 33.6 Å². The Morgan fingerprint density at radius 2 is 1.94 bits per heavy atom. The van der Waals surface area contributed by atoms with Crippen molar-refractivity contribution in [3.05, 3.63) is 53.5 Å². The number of aromatic nitrogens is 1. The number of nitriles is 1. The zero-order chi connectivity index (χ0) is 25.4. The van der Waals surface area contributed by atoms with E-state index in [0.717, 1.165) is 46.2 Å². The number of amides is 2. The van der Waals surface area contributed by atoms with Crippen molar-refractivity contribution in [3.8, 4) is 17.2 Å². The Balaban J connectivity index is 1.25. The van der Waals surface area contributed by atoms with Crippen LogP contribution in [-0.2, 0) is 16.0 Å². The molecule has 1 aliphatic carbocycles. The first-order chi connectivity index (χ1) is 17.2. The Morgan fingerprint density at radius 3 is 2.67 bits per heavy atom. The fourth-order valence-electron chi connectivity index (χ4n) is 5.39. The van der Waals surface area contributed by atoms with Gasteiger partial charge in [-0.3, -0.25) is 9.69 Å². The van der Waals surface area contributed by atoms with E-state index in [2.05, 4.69) is 28.5 Å². The van der Waals surface area contributed by atoms with E-state index in [1.807, 2.05) is 56.6 Å². The molecule has 2 aliphatic rings. The minimum atomic E-state index is -0.684. The van der Waals surface area contributed by atoms with Gasteiger partial charge in [0.2, 0.25) is 5.91 Å². The first-order valence-electron chi connectivity index (χ1n) is 12.4. The Bertz CT molecular complexity index is 1320. The zero-order valence-corrected chi connectivity index (χ0v) is 21.5. The zero-order valence-electron chi connectivity index (χ0n) is 20.7. The lowest BCUT2D eigenvalue weighted by molar-refractivity contribution is -0.128. The predicted molar refractivity (Wildman–Crippen MR) is 139 cm³/mol. The van der Waals surface area contributed by atoms with Gasteiger partial charge in [0.15, 0.2) is 0 Å². The molecule has 3 aromatic rings. The van der Waals surface area contributed by atoms with Gasteiger partial charge < -0.3 is 10.1 Å². The molecule has 2 fully saturated rings. The Morgan fingerprint density at radius 1 is 1.19 bits per heavy atom. The van der Waals surface area contributed by atoms with Gasteiger partial charge in [-0.1, -0.05) is 30.3 Å². The summed E-state index contributed by atoms with van der Waals surface area (Å²) in [5.41, 5.74) is 5.36. The molecule has 7 nitrogen and oxygen atoms in total. The van der Waals surface area contributed by atoms with Crippen LogP contribution in [0.15, 0.2) is 48.0 Å². The van der Waals surface area contributed by atoms with Gasteiger partial charge in [-0.15, -0.1) is 11.3 Å². The number of likely N-dealkylation sites (tertiary alicyclic amines) is 1. The van der Waals surface area contributed by atoms with E-state index in [9.17, 15) is 14.9 Å². The van der Waals surface area contributed by atoms with E-state index < -0.39 is 23.8 Å². The number of benzene rings is 2. The summed E-state index contributed by atoms with van der Waals surface area (Å²) in [6, 6.07) is 15.2. The SMILES string of the molecule is CC(C)(C)OC(=O)N1[C@@H]2CC[C@@H](C2)[C@H]1C(=O)N[C@H](C#N)Cc1ccc(-c2ccc3ncsc3c2)cc1. The molecule has 0 spiro atoms. The third-order valence-corrected chi connectivity index (χ3v) is 7.78. The highest BCUT2D eigenvalue weighted by Crippen LogP contribution is 2.43. The molecule has 8 heteroatoms. The summed E-state index contributed by atoms with van der Waals surface area (Å²) in [7, 11) is 0. The molecule has 2 bridgehead atoms. The molecule has 1 aliphatic heterocycles. The molecule has 2 amide bonds. The maximum atomic E-state index is 13.3.